The van der Waals surface area contributed by atoms with Gasteiger partial charge in [0.25, 0.3) is 0 Å². The van der Waals surface area contributed by atoms with Gasteiger partial charge in [-0.25, -0.2) is 0 Å². The molecule has 0 bridgehead atoms. The normalized spacial score (nSPS) is 17.9. The van der Waals surface area contributed by atoms with Crippen LogP contribution < -0.4 is 5.32 Å². The molecular weight excluding hydrogens is 240 g/mol. The zero-order valence-corrected chi connectivity index (χ0v) is 12.8. The fourth-order valence-corrected chi connectivity index (χ4v) is 2.59. The minimum absolute atomic E-state index is 0.126. The van der Waals surface area contributed by atoms with Crippen molar-refractivity contribution < 1.29 is 9.53 Å². The van der Waals surface area contributed by atoms with Crippen molar-refractivity contribution in [2.75, 3.05) is 32.8 Å². The molecule has 1 heterocycles. The van der Waals surface area contributed by atoms with Gasteiger partial charge in [-0.2, -0.15) is 0 Å². The van der Waals surface area contributed by atoms with Crippen molar-refractivity contribution in [3.8, 4) is 0 Å². The first-order valence-electron chi connectivity index (χ1n) is 7.72. The molecule has 4 heteroatoms. The molecule has 1 fully saturated rings. The molecule has 112 valence electrons. The third-order valence-electron chi connectivity index (χ3n) is 3.65. The van der Waals surface area contributed by atoms with Gasteiger partial charge in [-0.05, 0) is 45.7 Å². The minimum Gasteiger partial charge on any atom is -0.377 e. The molecule has 0 unspecified atom stereocenters. The molecule has 0 aromatic heterocycles. The maximum absolute atomic E-state index is 11.8. The van der Waals surface area contributed by atoms with Gasteiger partial charge in [-0.1, -0.05) is 19.8 Å². The highest BCUT2D eigenvalue weighted by atomic mass is 16.5. The van der Waals surface area contributed by atoms with Gasteiger partial charge in [0.2, 0.25) is 5.91 Å². The molecule has 0 radical (unpaired) electrons. The summed E-state index contributed by atoms with van der Waals surface area (Å²) in [5.41, 5.74) is 0. The topological polar surface area (TPSA) is 41.6 Å². The van der Waals surface area contributed by atoms with E-state index in [1.165, 1.54) is 25.7 Å². The Labute approximate surface area is 117 Å². The van der Waals surface area contributed by atoms with Crippen LogP contribution in [0.15, 0.2) is 0 Å². The lowest BCUT2D eigenvalue weighted by atomic mass is 9.92. The number of piperidine rings is 1. The van der Waals surface area contributed by atoms with E-state index in [0.717, 1.165) is 19.0 Å². The Morgan fingerprint density at radius 3 is 2.63 bits per heavy atom. The van der Waals surface area contributed by atoms with Crippen LogP contribution in [0, 0.1) is 5.92 Å². The molecule has 0 spiro atoms. The molecule has 0 aromatic rings. The molecular formula is C15H30N2O2. The van der Waals surface area contributed by atoms with Gasteiger partial charge in [0.15, 0.2) is 0 Å². The fraction of sp³-hybridized carbons (Fsp3) is 0.933. The zero-order valence-electron chi connectivity index (χ0n) is 12.8. The number of hydrogen-bond acceptors (Lipinski definition) is 3. The molecule has 1 saturated heterocycles. The van der Waals surface area contributed by atoms with E-state index in [1.54, 1.807) is 0 Å². The van der Waals surface area contributed by atoms with Crippen molar-refractivity contribution in [2.45, 2.75) is 52.6 Å². The summed E-state index contributed by atoms with van der Waals surface area (Å²) in [7, 11) is 0. The number of hydrogen-bond donors (Lipinski definition) is 1. The summed E-state index contributed by atoms with van der Waals surface area (Å²) in [5.74, 6) is 1.00. The second kappa shape index (κ2) is 9.32. The quantitative estimate of drug-likeness (QED) is 0.686. The highest BCUT2D eigenvalue weighted by molar-refractivity contribution is 5.77. The highest BCUT2D eigenvalue weighted by Crippen LogP contribution is 2.21. The SMILES string of the molecule is CCCC1CCN(CC(=O)NCCOC(C)C)CC1. The minimum atomic E-state index is 0.126. The van der Waals surface area contributed by atoms with E-state index >= 15 is 0 Å². The molecule has 1 aliphatic heterocycles. The lowest BCUT2D eigenvalue weighted by Gasteiger charge is -2.31. The zero-order chi connectivity index (χ0) is 14.1. The van der Waals surface area contributed by atoms with Gasteiger partial charge < -0.3 is 10.1 Å². The van der Waals surface area contributed by atoms with Crippen molar-refractivity contribution in [3.63, 3.8) is 0 Å². The first-order chi connectivity index (χ1) is 9.11. The van der Waals surface area contributed by atoms with Crippen LogP contribution in [-0.2, 0) is 9.53 Å². The van der Waals surface area contributed by atoms with E-state index in [9.17, 15) is 4.79 Å². The molecule has 0 aromatic carbocycles. The first kappa shape index (κ1) is 16.4. The molecule has 1 aliphatic rings. The van der Waals surface area contributed by atoms with Crippen LogP contribution in [-0.4, -0.2) is 49.7 Å². The monoisotopic (exact) mass is 270 g/mol. The first-order valence-corrected chi connectivity index (χ1v) is 7.72. The van der Waals surface area contributed by atoms with Crippen LogP contribution in [0.1, 0.15) is 46.5 Å². The molecule has 4 nitrogen and oxygen atoms in total. The Morgan fingerprint density at radius 2 is 2.05 bits per heavy atom. The van der Waals surface area contributed by atoms with Gasteiger partial charge in [0, 0.05) is 6.54 Å². The van der Waals surface area contributed by atoms with E-state index in [-0.39, 0.29) is 12.0 Å². The number of carbonyl (C=O) groups excluding carboxylic acids is 1. The average molecular weight is 270 g/mol. The maximum atomic E-state index is 11.8. The van der Waals surface area contributed by atoms with Gasteiger partial charge in [-0.15, -0.1) is 0 Å². The summed E-state index contributed by atoms with van der Waals surface area (Å²) in [6.45, 7) is 10.1. The van der Waals surface area contributed by atoms with E-state index < -0.39 is 0 Å². The predicted molar refractivity (Wildman–Crippen MR) is 78.2 cm³/mol. The second-order valence-corrected chi connectivity index (χ2v) is 5.78. The van der Waals surface area contributed by atoms with Crippen molar-refractivity contribution in [2.24, 2.45) is 5.92 Å². The number of rotatable bonds is 8. The molecule has 19 heavy (non-hydrogen) atoms. The summed E-state index contributed by atoms with van der Waals surface area (Å²) in [6, 6.07) is 0. The van der Waals surface area contributed by atoms with Crippen LogP contribution in [0.3, 0.4) is 0 Å². The van der Waals surface area contributed by atoms with E-state index in [4.69, 9.17) is 4.74 Å². The number of carbonyl (C=O) groups is 1. The summed E-state index contributed by atoms with van der Waals surface area (Å²) >= 11 is 0. The number of amides is 1. The largest absolute Gasteiger partial charge is 0.377 e. The van der Waals surface area contributed by atoms with E-state index in [1.807, 2.05) is 13.8 Å². The Hall–Kier alpha value is -0.610. The van der Waals surface area contributed by atoms with Crippen LogP contribution in [0.4, 0.5) is 0 Å². The van der Waals surface area contributed by atoms with E-state index in [0.29, 0.717) is 19.7 Å². The van der Waals surface area contributed by atoms with Crippen LogP contribution >= 0.6 is 0 Å². The molecule has 0 saturated carbocycles. The lowest BCUT2D eigenvalue weighted by molar-refractivity contribution is -0.122. The Balaban J connectivity index is 2.06. The smallest absolute Gasteiger partial charge is 0.234 e. The third-order valence-corrected chi connectivity index (χ3v) is 3.65. The van der Waals surface area contributed by atoms with Gasteiger partial charge in [-0.3, -0.25) is 9.69 Å². The summed E-state index contributed by atoms with van der Waals surface area (Å²) < 4.78 is 5.39. The van der Waals surface area contributed by atoms with Crippen LogP contribution in [0.25, 0.3) is 0 Å². The number of ether oxygens (including phenoxy) is 1. The summed E-state index contributed by atoms with van der Waals surface area (Å²) in [4.78, 5) is 14.0. The Morgan fingerprint density at radius 1 is 1.37 bits per heavy atom. The average Bonchev–Trinajstić information content (AvgIpc) is 2.37. The highest BCUT2D eigenvalue weighted by Gasteiger charge is 2.19. The second-order valence-electron chi connectivity index (χ2n) is 5.78. The van der Waals surface area contributed by atoms with Crippen molar-refractivity contribution in [1.29, 1.82) is 0 Å². The van der Waals surface area contributed by atoms with Crippen molar-refractivity contribution >= 4 is 5.91 Å². The number of nitrogens with one attached hydrogen (secondary N) is 1. The van der Waals surface area contributed by atoms with Crippen LogP contribution in [0.5, 0.6) is 0 Å². The molecule has 1 N–H and O–H groups in total. The molecule has 1 amide bonds. The summed E-state index contributed by atoms with van der Waals surface area (Å²) in [5, 5.41) is 2.92. The van der Waals surface area contributed by atoms with E-state index in [2.05, 4.69) is 17.1 Å². The van der Waals surface area contributed by atoms with Crippen molar-refractivity contribution in [1.82, 2.24) is 10.2 Å². The lowest BCUT2D eigenvalue weighted by Crippen LogP contribution is -2.42. The summed E-state index contributed by atoms with van der Waals surface area (Å²) in [6.07, 6.45) is 5.34. The van der Waals surface area contributed by atoms with Crippen molar-refractivity contribution in [3.05, 3.63) is 0 Å². The molecule has 0 aliphatic carbocycles. The predicted octanol–water partition coefficient (Wildman–Crippen LogP) is 2.04. The third kappa shape index (κ3) is 7.53. The standard InChI is InChI=1S/C15H30N2O2/c1-4-5-14-6-9-17(10-7-14)12-15(18)16-8-11-19-13(2)3/h13-14H,4-12H2,1-3H3,(H,16,18). The van der Waals surface area contributed by atoms with Crippen LogP contribution in [0.2, 0.25) is 0 Å². The van der Waals surface area contributed by atoms with Gasteiger partial charge in [0.05, 0.1) is 19.3 Å². The Bertz CT molecular complexity index is 249. The molecule has 0 atom stereocenters. The molecule has 1 rings (SSSR count). The Kier molecular flexibility index (Phi) is 8.07. The maximum Gasteiger partial charge on any atom is 0.234 e. The van der Waals surface area contributed by atoms with Gasteiger partial charge >= 0.3 is 0 Å². The fourth-order valence-electron chi connectivity index (χ4n) is 2.59. The number of likely N-dealkylation sites (tertiary alicyclic amines) is 1. The number of nitrogens with zero attached hydrogens (tertiary/aromatic N) is 1. The van der Waals surface area contributed by atoms with Gasteiger partial charge in [0.1, 0.15) is 0 Å².